The van der Waals surface area contributed by atoms with Gasteiger partial charge in [0, 0.05) is 22.8 Å². The molecule has 4 aromatic rings. The first-order valence-electron chi connectivity index (χ1n) is 10.5. The van der Waals surface area contributed by atoms with E-state index in [-0.39, 0.29) is 11.7 Å². The molecular weight excluding hydrogens is 452 g/mol. The number of pyridine rings is 1. The van der Waals surface area contributed by atoms with Crippen LogP contribution in [0.4, 0.5) is 5.00 Å². The first kappa shape index (κ1) is 21.4. The molecule has 1 aromatic carbocycles. The second-order valence-electron chi connectivity index (χ2n) is 7.67. The molecule has 1 aliphatic rings. The summed E-state index contributed by atoms with van der Waals surface area (Å²) in [6.07, 6.45) is 6.41. The third-order valence-corrected chi connectivity index (χ3v) is 7.68. The zero-order valence-electron chi connectivity index (χ0n) is 17.9. The SMILES string of the molecule is Cc1ccccc1-n1c(SCC(=O)Nc2sc3c(c2C#N)CCC3)nnc1-c1ccncc1. The van der Waals surface area contributed by atoms with Crippen molar-refractivity contribution < 1.29 is 4.79 Å². The average Bonchev–Trinajstić information content (AvgIpc) is 3.53. The van der Waals surface area contributed by atoms with E-state index in [1.807, 2.05) is 47.9 Å². The molecule has 5 rings (SSSR count). The number of thiophene rings is 1. The van der Waals surface area contributed by atoms with Crippen molar-refractivity contribution in [1.82, 2.24) is 19.7 Å². The molecular formula is C24H20N6OS2. The van der Waals surface area contributed by atoms with Gasteiger partial charge in [-0.15, -0.1) is 21.5 Å². The number of rotatable bonds is 6. The normalized spacial score (nSPS) is 12.4. The van der Waals surface area contributed by atoms with Crippen LogP contribution in [0.3, 0.4) is 0 Å². The zero-order valence-corrected chi connectivity index (χ0v) is 19.5. The summed E-state index contributed by atoms with van der Waals surface area (Å²) in [6.45, 7) is 2.03. The number of amides is 1. The van der Waals surface area contributed by atoms with Crippen molar-refractivity contribution in [1.29, 1.82) is 5.26 Å². The lowest BCUT2D eigenvalue weighted by Crippen LogP contribution is -2.14. The smallest absolute Gasteiger partial charge is 0.235 e. The van der Waals surface area contributed by atoms with Crippen LogP contribution >= 0.6 is 23.1 Å². The Bertz CT molecular complexity index is 1370. The van der Waals surface area contributed by atoms with Gasteiger partial charge in [0.15, 0.2) is 11.0 Å². The van der Waals surface area contributed by atoms with Gasteiger partial charge >= 0.3 is 0 Å². The minimum atomic E-state index is -0.166. The van der Waals surface area contributed by atoms with Crippen molar-refractivity contribution in [2.75, 3.05) is 11.1 Å². The summed E-state index contributed by atoms with van der Waals surface area (Å²) < 4.78 is 1.98. The maximum absolute atomic E-state index is 12.8. The largest absolute Gasteiger partial charge is 0.316 e. The number of thioether (sulfide) groups is 1. The van der Waals surface area contributed by atoms with E-state index in [2.05, 4.69) is 26.6 Å². The summed E-state index contributed by atoms with van der Waals surface area (Å²) in [4.78, 5) is 18.1. The molecule has 33 heavy (non-hydrogen) atoms. The lowest BCUT2D eigenvalue weighted by molar-refractivity contribution is -0.113. The van der Waals surface area contributed by atoms with Gasteiger partial charge in [0.2, 0.25) is 5.91 Å². The molecule has 9 heteroatoms. The van der Waals surface area contributed by atoms with Gasteiger partial charge < -0.3 is 5.32 Å². The number of hydrogen-bond acceptors (Lipinski definition) is 7. The number of aryl methyl sites for hydroxylation is 2. The molecule has 3 heterocycles. The highest BCUT2D eigenvalue weighted by Crippen LogP contribution is 2.38. The van der Waals surface area contributed by atoms with Gasteiger partial charge in [-0.05, 0) is 55.5 Å². The molecule has 164 valence electrons. The Hall–Kier alpha value is -3.48. The van der Waals surface area contributed by atoms with E-state index in [9.17, 15) is 10.1 Å². The van der Waals surface area contributed by atoms with Gasteiger partial charge in [-0.1, -0.05) is 30.0 Å². The minimum Gasteiger partial charge on any atom is -0.316 e. The number of hydrogen-bond donors (Lipinski definition) is 1. The first-order chi connectivity index (χ1) is 16.2. The number of aromatic nitrogens is 4. The minimum absolute atomic E-state index is 0.161. The molecule has 0 fully saturated rings. The summed E-state index contributed by atoms with van der Waals surface area (Å²) in [5.74, 6) is 0.686. The summed E-state index contributed by atoms with van der Waals surface area (Å²) in [7, 11) is 0. The Morgan fingerprint density at radius 2 is 2.03 bits per heavy atom. The van der Waals surface area contributed by atoms with Crippen LogP contribution in [0.25, 0.3) is 17.1 Å². The number of para-hydroxylation sites is 1. The summed E-state index contributed by atoms with van der Waals surface area (Å²) in [5.41, 5.74) is 4.65. The Balaban J connectivity index is 1.40. The molecule has 0 aliphatic heterocycles. The predicted octanol–water partition coefficient (Wildman–Crippen LogP) is 4.79. The molecule has 0 saturated carbocycles. The Labute approximate surface area is 199 Å². The fourth-order valence-electron chi connectivity index (χ4n) is 3.99. The molecule has 0 spiro atoms. The molecule has 1 aliphatic carbocycles. The van der Waals surface area contributed by atoms with Crippen LogP contribution in [0.15, 0.2) is 53.9 Å². The van der Waals surface area contributed by atoms with Crippen LogP contribution in [0.1, 0.15) is 28.0 Å². The molecule has 3 aromatic heterocycles. The highest BCUT2D eigenvalue weighted by molar-refractivity contribution is 7.99. The van der Waals surface area contributed by atoms with Crippen LogP contribution in [-0.2, 0) is 17.6 Å². The Morgan fingerprint density at radius 3 is 2.82 bits per heavy atom. The molecule has 0 saturated heterocycles. The highest BCUT2D eigenvalue weighted by Gasteiger charge is 2.24. The monoisotopic (exact) mass is 472 g/mol. The highest BCUT2D eigenvalue weighted by atomic mass is 32.2. The van der Waals surface area contributed by atoms with Crippen molar-refractivity contribution in [2.24, 2.45) is 0 Å². The van der Waals surface area contributed by atoms with E-state index in [0.29, 0.717) is 21.5 Å². The Morgan fingerprint density at radius 1 is 1.21 bits per heavy atom. The summed E-state index contributed by atoms with van der Waals surface area (Å²) in [6, 6.07) is 14.1. The molecule has 0 atom stereocenters. The lowest BCUT2D eigenvalue weighted by Gasteiger charge is -2.12. The lowest BCUT2D eigenvalue weighted by atomic mass is 10.1. The van der Waals surface area contributed by atoms with E-state index < -0.39 is 0 Å². The van der Waals surface area contributed by atoms with Crippen LogP contribution in [0.2, 0.25) is 0 Å². The first-order valence-corrected chi connectivity index (χ1v) is 12.3. The number of fused-ring (bicyclic) bond motifs is 1. The number of nitrogens with one attached hydrogen (secondary N) is 1. The Kier molecular flexibility index (Phi) is 5.94. The van der Waals surface area contributed by atoms with E-state index >= 15 is 0 Å². The summed E-state index contributed by atoms with van der Waals surface area (Å²) in [5, 5.41) is 22.6. The molecule has 0 unspecified atom stereocenters. The van der Waals surface area contributed by atoms with E-state index in [1.165, 1.54) is 28.0 Å². The molecule has 0 radical (unpaired) electrons. The van der Waals surface area contributed by atoms with Crippen molar-refractivity contribution in [3.8, 4) is 23.1 Å². The van der Waals surface area contributed by atoms with Gasteiger partial charge in [-0.2, -0.15) is 5.26 Å². The standard InChI is InChI=1S/C24H20N6OS2/c1-15-5-2-3-7-19(15)30-22(16-9-11-26-12-10-16)28-29-24(30)32-14-21(31)27-23-18(13-25)17-6-4-8-20(17)33-23/h2-3,5,7,9-12H,4,6,8,14H2,1H3,(H,27,31). The fraction of sp³-hybridized carbons (Fsp3) is 0.208. The number of benzene rings is 1. The number of nitrogens with zero attached hydrogens (tertiary/aromatic N) is 5. The van der Waals surface area contributed by atoms with Crippen LogP contribution in [-0.4, -0.2) is 31.4 Å². The van der Waals surface area contributed by atoms with Crippen molar-refractivity contribution >= 4 is 34.0 Å². The zero-order chi connectivity index (χ0) is 22.8. The van der Waals surface area contributed by atoms with Crippen molar-refractivity contribution in [3.63, 3.8) is 0 Å². The van der Waals surface area contributed by atoms with Gasteiger partial charge in [-0.25, -0.2) is 0 Å². The van der Waals surface area contributed by atoms with Crippen molar-refractivity contribution in [2.45, 2.75) is 31.3 Å². The molecule has 1 N–H and O–H groups in total. The quantitative estimate of drug-likeness (QED) is 0.405. The number of anilines is 1. The number of nitriles is 1. The van der Waals surface area contributed by atoms with Crippen LogP contribution in [0, 0.1) is 18.3 Å². The maximum Gasteiger partial charge on any atom is 0.235 e. The number of carbonyl (C=O) groups is 1. The average molecular weight is 473 g/mol. The van der Waals surface area contributed by atoms with E-state index in [1.54, 1.807) is 12.4 Å². The van der Waals surface area contributed by atoms with Gasteiger partial charge in [0.1, 0.15) is 11.1 Å². The third-order valence-electron chi connectivity index (χ3n) is 5.55. The van der Waals surface area contributed by atoms with E-state index in [4.69, 9.17) is 0 Å². The third kappa shape index (κ3) is 4.15. The molecule has 7 nitrogen and oxygen atoms in total. The molecule has 1 amide bonds. The predicted molar refractivity (Wildman–Crippen MR) is 130 cm³/mol. The molecule has 0 bridgehead atoms. The second kappa shape index (κ2) is 9.17. The van der Waals surface area contributed by atoms with Crippen molar-refractivity contribution in [3.05, 3.63) is 70.4 Å². The maximum atomic E-state index is 12.8. The van der Waals surface area contributed by atoms with Gasteiger partial charge in [0.05, 0.1) is 17.0 Å². The number of carbonyl (C=O) groups excluding carboxylic acids is 1. The fourth-order valence-corrected chi connectivity index (χ4v) is 5.99. The second-order valence-corrected chi connectivity index (χ2v) is 9.72. The van der Waals surface area contributed by atoms with E-state index in [0.717, 1.165) is 41.6 Å². The van der Waals surface area contributed by atoms with Crippen LogP contribution < -0.4 is 5.32 Å². The van der Waals surface area contributed by atoms with Gasteiger partial charge in [-0.3, -0.25) is 14.3 Å². The van der Waals surface area contributed by atoms with Crippen LogP contribution in [0.5, 0.6) is 0 Å². The summed E-state index contributed by atoms with van der Waals surface area (Å²) >= 11 is 2.84. The topological polar surface area (TPSA) is 96.5 Å². The van der Waals surface area contributed by atoms with Gasteiger partial charge in [0.25, 0.3) is 0 Å².